The highest BCUT2D eigenvalue weighted by molar-refractivity contribution is 5.86. The molecular formula is C18H25N3O2. The van der Waals surface area contributed by atoms with Crippen molar-refractivity contribution in [2.75, 3.05) is 6.61 Å². The summed E-state index contributed by atoms with van der Waals surface area (Å²) >= 11 is 0. The third-order valence-electron chi connectivity index (χ3n) is 3.69. The summed E-state index contributed by atoms with van der Waals surface area (Å²) in [6.07, 6.45) is 9.14. The zero-order valence-corrected chi connectivity index (χ0v) is 13.7. The van der Waals surface area contributed by atoms with Crippen molar-refractivity contribution in [3.05, 3.63) is 48.0 Å². The van der Waals surface area contributed by atoms with Gasteiger partial charge in [-0.2, -0.15) is 0 Å². The van der Waals surface area contributed by atoms with Gasteiger partial charge in [-0.05, 0) is 43.4 Å². The molecule has 23 heavy (non-hydrogen) atoms. The quantitative estimate of drug-likeness (QED) is 0.301. The number of aromatic amines is 1. The Hall–Kier alpha value is -2.30. The monoisotopic (exact) mass is 315 g/mol. The minimum atomic E-state index is 0.673. The molecule has 0 atom stereocenters. The van der Waals surface area contributed by atoms with Gasteiger partial charge < -0.3 is 14.9 Å². The van der Waals surface area contributed by atoms with Crippen molar-refractivity contribution in [3.8, 4) is 5.75 Å². The highest BCUT2D eigenvalue weighted by Gasteiger charge is 2.03. The van der Waals surface area contributed by atoms with Gasteiger partial charge in [-0.15, -0.1) is 0 Å². The van der Waals surface area contributed by atoms with Gasteiger partial charge in [0.15, 0.2) is 0 Å². The van der Waals surface area contributed by atoms with Gasteiger partial charge in [0.05, 0.1) is 24.3 Å². The average molecular weight is 315 g/mol. The molecule has 0 unspecified atom stereocenters. The normalized spacial score (nSPS) is 11.6. The molecule has 2 aromatic rings. The van der Waals surface area contributed by atoms with Gasteiger partial charge in [0, 0.05) is 12.6 Å². The third kappa shape index (κ3) is 6.14. The maximum Gasteiger partial charge on any atom is 0.119 e. The van der Waals surface area contributed by atoms with Crippen LogP contribution in [-0.2, 0) is 12.8 Å². The molecule has 0 aliphatic rings. The lowest BCUT2D eigenvalue weighted by Gasteiger charge is -2.08. The Morgan fingerprint density at radius 2 is 2.09 bits per heavy atom. The Labute approximate surface area is 137 Å². The number of H-pyrrole nitrogens is 1. The Bertz CT molecular complexity index is 577. The number of benzene rings is 1. The molecular weight excluding hydrogens is 290 g/mol. The zero-order chi connectivity index (χ0) is 16.3. The van der Waals surface area contributed by atoms with E-state index < -0.39 is 0 Å². The van der Waals surface area contributed by atoms with Crippen LogP contribution < -0.4 is 4.74 Å². The van der Waals surface area contributed by atoms with Crippen molar-refractivity contribution in [3.63, 3.8) is 0 Å². The van der Waals surface area contributed by atoms with Gasteiger partial charge in [-0.1, -0.05) is 30.6 Å². The number of hydrogen-bond acceptors (Lipinski definition) is 4. The van der Waals surface area contributed by atoms with Crippen molar-refractivity contribution in [2.24, 2.45) is 5.16 Å². The predicted octanol–water partition coefficient (Wildman–Crippen LogP) is 3.98. The van der Waals surface area contributed by atoms with Crippen LogP contribution in [0.25, 0.3) is 0 Å². The Kier molecular flexibility index (Phi) is 7.17. The molecule has 5 nitrogen and oxygen atoms in total. The van der Waals surface area contributed by atoms with E-state index in [1.54, 1.807) is 6.33 Å². The van der Waals surface area contributed by atoms with E-state index in [1.165, 1.54) is 0 Å². The first-order valence-corrected chi connectivity index (χ1v) is 8.21. The second kappa shape index (κ2) is 9.66. The maximum absolute atomic E-state index is 9.05. The van der Waals surface area contributed by atoms with E-state index in [0.29, 0.717) is 13.0 Å². The van der Waals surface area contributed by atoms with Crippen LogP contribution in [0.2, 0.25) is 0 Å². The average Bonchev–Trinajstić information content (AvgIpc) is 3.10. The summed E-state index contributed by atoms with van der Waals surface area (Å²) in [4.78, 5) is 7.13. The minimum Gasteiger partial charge on any atom is -0.494 e. The molecule has 5 heteroatoms. The first-order chi connectivity index (χ1) is 11.3. The number of rotatable bonds is 10. The van der Waals surface area contributed by atoms with Crippen molar-refractivity contribution in [1.29, 1.82) is 0 Å². The largest absolute Gasteiger partial charge is 0.494 e. The van der Waals surface area contributed by atoms with E-state index in [4.69, 9.17) is 9.94 Å². The number of imidazole rings is 1. The summed E-state index contributed by atoms with van der Waals surface area (Å²) < 4.78 is 5.74. The number of nitrogens with one attached hydrogen (secondary N) is 1. The van der Waals surface area contributed by atoms with Gasteiger partial charge in [-0.25, -0.2) is 4.98 Å². The van der Waals surface area contributed by atoms with Crippen LogP contribution in [0.15, 0.2) is 41.9 Å². The van der Waals surface area contributed by atoms with Crippen molar-refractivity contribution in [2.45, 2.75) is 45.4 Å². The smallest absolute Gasteiger partial charge is 0.119 e. The van der Waals surface area contributed by atoms with Crippen LogP contribution in [-0.4, -0.2) is 27.5 Å². The van der Waals surface area contributed by atoms with Crippen LogP contribution in [0.4, 0.5) is 0 Å². The van der Waals surface area contributed by atoms with E-state index in [2.05, 4.69) is 22.0 Å². The second-order valence-corrected chi connectivity index (χ2v) is 5.60. The summed E-state index contributed by atoms with van der Waals surface area (Å²) in [5.41, 5.74) is 3.03. The van der Waals surface area contributed by atoms with E-state index in [9.17, 15) is 0 Å². The van der Waals surface area contributed by atoms with Gasteiger partial charge in [0.25, 0.3) is 0 Å². The molecule has 0 spiro atoms. The molecule has 1 aromatic carbocycles. The van der Waals surface area contributed by atoms with Crippen molar-refractivity contribution >= 4 is 5.71 Å². The lowest BCUT2D eigenvalue weighted by Crippen LogP contribution is -2.04. The van der Waals surface area contributed by atoms with Crippen LogP contribution >= 0.6 is 0 Å². The zero-order valence-electron chi connectivity index (χ0n) is 13.7. The molecule has 0 saturated carbocycles. The summed E-state index contributed by atoms with van der Waals surface area (Å²) in [5.74, 6) is 0.867. The first kappa shape index (κ1) is 17.1. The van der Waals surface area contributed by atoms with Gasteiger partial charge in [0.2, 0.25) is 0 Å². The summed E-state index contributed by atoms with van der Waals surface area (Å²) in [6.45, 7) is 2.80. The lowest BCUT2D eigenvalue weighted by atomic mass is 10.0. The van der Waals surface area contributed by atoms with E-state index in [-0.39, 0.29) is 0 Å². The van der Waals surface area contributed by atoms with Crippen LogP contribution in [0, 0.1) is 0 Å². The fourth-order valence-corrected chi connectivity index (χ4v) is 2.36. The number of aromatic nitrogens is 2. The van der Waals surface area contributed by atoms with Gasteiger partial charge >= 0.3 is 0 Å². The lowest BCUT2D eigenvalue weighted by molar-refractivity contribution is 0.310. The number of oxime groups is 1. The molecule has 0 aliphatic heterocycles. The molecule has 124 valence electrons. The first-order valence-electron chi connectivity index (χ1n) is 8.21. The number of aryl methyl sites for hydroxylation is 1. The summed E-state index contributed by atoms with van der Waals surface area (Å²) in [7, 11) is 0. The minimum absolute atomic E-state index is 0.673. The summed E-state index contributed by atoms with van der Waals surface area (Å²) in [5, 5.41) is 12.5. The second-order valence-electron chi connectivity index (χ2n) is 5.60. The van der Waals surface area contributed by atoms with Crippen LogP contribution in [0.3, 0.4) is 0 Å². The number of ether oxygens (including phenoxy) is 1. The molecule has 0 bridgehead atoms. The molecule has 1 aromatic heterocycles. The highest BCUT2D eigenvalue weighted by Crippen LogP contribution is 2.14. The Morgan fingerprint density at radius 1 is 1.26 bits per heavy atom. The van der Waals surface area contributed by atoms with E-state index >= 15 is 0 Å². The third-order valence-corrected chi connectivity index (χ3v) is 3.69. The van der Waals surface area contributed by atoms with Crippen molar-refractivity contribution < 1.29 is 9.94 Å². The Balaban J connectivity index is 1.73. The van der Waals surface area contributed by atoms with E-state index in [1.807, 2.05) is 30.5 Å². The van der Waals surface area contributed by atoms with Crippen molar-refractivity contribution in [1.82, 2.24) is 9.97 Å². The number of hydrogen-bond donors (Lipinski definition) is 2. The SMILES string of the molecule is CCCCC(Cc1ccc(OCCCc2c[nH]cn2)cc1)=NO. The molecule has 0 amide bonds. The summed E-state index contributed by atoms with van der Waals surface area (Å²) in [6, 6.07) is 8.00. The highest BCUT2D eigenvalue weighted by atomic mass is 16.5. The molecule has 1 heterocycles. The molecule has 0 aliphatic carbocycles. The van der Waals surface area contributed by atoms with Crippen LogP contribution in [0.1, 0.15) is 43.9 Å². The number of unbranched alkanes of at least 4 members (excludes halogenated alkanes) is 1. The number of nitrogens with zero attached hydrogens (tertiary/aromatic N) is 2. The standard InChI is InChI=1S/C18H25N3O2/c1-2-3-5-16(21-22)12-15-7-9-18(10-8-15)23-11-4-6-17-13-19-14-20-17/h7-10,13-14,22H,2-6,11-12H2,1H3,(H,19,20). The van der Waals surface area contributed by atoms with Gasteiger partial charge in [-0.3, -0.25) is 0 Å². The fraction of sp³-hybridized carbons (Fsp3) is 0.444. The van der Waals surface area contributed by atoms with Crippen LogP contribution in [0.5, 0.6) is 5.75 Å². The molecule has 0 fully saturated rings. The molecule has 2 rings (SSSR count). The molecule has 0 radical (unpaired) electrons. The topological polar surface area (TPSA) is 70.5 Å². The molecule has 0 saturated heterocycles. The predicted molar refractivity (Wildman–Crippen MR) is 91.3 cm³/mol. The maximum atomic E-state index is 9.05. The van der Waals surface area contributed by atoms with Gasteiger partial charge in [0.1, 0.15) is 5.75 Å². The molecule has 2 N–H and O–H groups in total. The Morgan fingerprint density at radius 3 is 2.74 bits per heavy atom. The van der Waals surface area contributed by atoms with E-state index in [0.717, 1.165) is 54.8 Å². The fourth-order valence-electron chi connectivity index (χ4n) is 2.36.